The molecule has 0 spiro atoms. The standard InChI is InChI=1S/C16H21N5O3S/c1-10-5-8-21(11-3-6-17-7-4-11)15(23)13(10)14(22)18-16-20-19-12(25-16)9-24-2/h5,8,11,17H,3-4,6-7,9H2,1-2H3,(H,18,20,22). The van der Waals surface area contributed by atoms with Crippen molar-refractivity contribution in [3.05, 3.63) is 38.8 Å². The molecule has 0 saturated carbocycles. The third kappa shape index (κ3) is 3.94. The number of ether oxygens (including phenoxy) is 1. The highest BCUT2D eigenvalue weighted by Crippen LogP contribution is 2.19. The third-order valence-electron chi connectivity index (χ3n) is 4.21. The molecule has 2 aromatic rings. The Balaban J connectivity index is 1.84. The topological polar surface area (TPSA) is 98.1 Å². The highest BCUT2D eigenvalue weighted by atomic mass is 32.1. The van der Waals surface area contributed by atoms with E-state index in [-0.39, 0.29) is 17.2 Å². The van der Waals surface area contributed by atoms with Gasteiger partial charge >= 0.3 is 0 Å². The molecule has 1 amide bonds. The van der Waals surface area contributed by atoms with E-state index in [4.69, 9.17) is 4.74 Å². The number of pyridine rings is 1. The van der Waals surface area contributed by atoms with Crippen LogP contribution in [0.5, 0.6) is 0 Å². The molecule has 0 aliphatic carbocycles. The number of hydrogen-bond donors (Lipinski definition) is 2. The number of carbonyl (C=O) groups is 1. The van der Waals surface area contributed by atoms with Gasteiger partial charge in [-0.1, -0.05) is 11.3 Å². The van der Waals surface area contributed by atoms with Crippen LogP contribution in [0.2, 0.25) is 0 Å². The molecule has 3 heterocycles. The Bertz CT molecular complexity index is 810. The summed E-state index contributed by atoms with van der Waals surface area (Å²) < 4.78 is 6.67. The maximum atomic E-state index is 12.9. The first-order valence-corrected chi connectivity index (χ1v) is 8.97. The van der Waals surface area contributed by atoms with E-state index in [1.165, 1.54) is 11.3 Å². The van der Waals surface area contributed by atoms with Crippen LogP contribution in [0.1, 0.15) is 39.8 Å². The van der Waals surface area contributed by atoms with Crippen molar-refractivity contribution in [1.82, 2.24) is 20.1 Å². The minimum Gasteiger partial charge on any atom is -0.377 e. The minimum atomic E-state index is -0.453. The molecule has 0 radical (unpaired) electrons. The number of carbonyl (C=O) groups excluding carboxylic acids is 1. The van der Waals surface area contributed by atoms with Crippen LogP contribution < -0.4 is 16.2 Å². The molecule has 8 nitrogen and oxygen atoms in total. The van der Waals surface area contributed by atoms with Gasteiger partial charge < -0.3 is 14.6 Å². The van der Waals surface area contributed by atoms with E-state index in [2.05, 4.69) is 20.8 Å². The number of nitrogens with one attached hydrogen (secondary N) is 2. The predicted octanol–water partition coefficient (Wildman–Crippen LogP) is 1.33. The molecule has 134 valence electrons. The first-order chi connectivity index (χ1) is 12.1. The molecule has 0 aromatic carbocycles. The highest BCUT2D eigenvalue weighted by molar-refractivity contribution is 7.15. The highest BCUT2D eigenvalue weighted by Gasteiger charge is 2.22. The number of anilines is 1. The number of piperidine rings is 1. The van der Waals surface area contributed by atoms with Crippen molar-refractivity contribution in [3.8, 4) is 0 Å². The predicted molar refractivity (Wildman–Crippen MR) is 95.2 cm³/mol. The van der Waals surface area contributed by atoms with Crippen molar-refractivity contribution in [1.29, 1.82) is 0 Å². The number of aromatic nitrogens is 3. The lowest BCUT2D eigenvalue weighted by Crippen LogP contribution is -2.37. The van der Waals surface area contributed by atoms with Gasteiger partial charge in [-0.25, -0.2) is 0 Å². The van der Waals surface area contributed by atoms with Crippen molar-refractivity contribution in [2.24, 2.45) is 0 Å². The SMILES string of the molecule is COCc1nnc(NC(=O)c2c(C)ccn(C3CCNCC3)c2=O)s1. The van der Waals surface area contributed by atoms with Crippen LogP contribution in [-0.2, 0) is 11.3 Å². The van der Waals surface area contributed by atoms with Crippen LogP contribution in [0.15, 0.2) is 17.1 Å². The summed E-state index contributed by atoms with van der Waals surface area (Å²) >= 11 is 1.23. The van der Waals surface area contributed by atoms with E-state index in [0.29, 0.717) is 22.3 Å². The van der Waals surface area contributed by atoms with Gasteiger partial charge in [0.15, 0.2) is 0 Å². The average Bonchev–Trinajstić information content (AvgIpc) is 3.03. The zero-order valence-corrected chi connectivity index (χ0v) is 15.1. The number of nitrogens with zero attached hydrogens (tertiary/aromatic N) is 3. The van der Waals surface area contributed by atoms with Crippen molar-refractivity contribution in [3.63, 3.8) is 0 Å². The Kier molecular flexibility index (Phi) is 5.57. The van der Waals surface area contributed by atoms with E-state index in [1.807, 2.05) is 6.07 Å². The summed E-state index contributed by atoms with van der Waals surface area (Å²) in [6.07, 6.45) is 3.54. The molecule has 1 aliphatic heterocycles. The van der Waals surface area contributed by atoms with E-state index < -0.39 is 5.91 Å². The molecule has 0 atom stereocenters. The fraction of sp³-hybridized carbons (Fsp3) is 0.500. The van der Waals surface area contributed by atoms with Gasteiger partial charge in [0.2, 0.25) is 5.13 Å². The lowest BCUT2D eigenvalue weighted by molar-refractivity contribution is 0.102. The summed E-state index contributed by atoms with van der Waals surface area (Å²) in [5.74, 6) is -0.453. The largest absolute Gasteiger partial charge is 0.377 e. The minimum absolute atomic E-state index is 0.121. The molecule has 1 saturated heterocycles. The van der Waals surface area contributed by atoms with Crippen molar-refractivity contribution >= 4 is 22.4 Å². The third-order valence-corrected chi connectivity index (χ3v) is 5.02. The summed E-state index contributed by atoms with van der Waals surface area (Å²) in [4.78, 5) is 25.5. The maximum absolute atomic E-state index is 12.9. The quantitative estimate of drug-likeness (QED) is 0.832. The first-order valence-electron chi connectivity index (χ1n) is 8.15. The Morgan fingerprint density at radius 3 is 2.92 bits per heavy atom. The molecule has 1 aliphatic rings. The molecule has 1 fully saturated rings. The van der Waals surface area contributed by atoms with Crippen LogP contribution in [-0.4, -0.2) is 40.9 Å². The molecule has 2 aromatic heterocycles. The van der Waals surface area contributed by atoms with Crippen molar-refractivity contribution < 1.29 is 9.53 Å². The monoisotopic (exact) mass is 363 g/mol. The smallest absolute Gasteiger partial charge is 0.263 e. The van der Waals surface area contributed by atoms with E-state index in [9.17, 15) is 9.59 Å². The van der Waals surface area contributed by atoms with Crippen LogP contribution in [0.4, 0.5) is 5.13 Å². The zero-order valence-electron chi connectivity index (χ0n) is 14.2. The molecule has 3 rings (SSSR count). The molecule has 0 unspecified atom stereocenters. The lowest BCUT2D eigenvalue weighted by atomic mass is 10.0. The fourth-order valence-corrected chi connectivity index (χ4v) is 3.64. The summed E-state index contributed by atoms with van der Waals surface area (Å²) in [5, 5.41) is 14.8. The molecular weight excluding hydrogens is 342 g/mol. The normalized spacial score (nSPS) is 15.3. The molecular formula is C16H21N5O3S. The number of aryl methyl sites for hydroxylation is 1. The fourth-order valence-electron chi connectivity index (χ4n) is 2.94. The maximum Gasteiger partial charge on any atom is 0.263 e. The number of methoxy groups -OCH3 is 1. The van der Waals surface area contributed by atoms with Crippen LogP contribution >= 0.6 is 11.3 Å². The van der Waals surface area contributed by atoms with Crippen molar-refractivity contribution in [2.75, 3.05) is 25.5 Å². The Hall–Kier alpha value is -2.10. The van der Waals surface area contributed by atoms with E-state index in [0.717, 1.165) is 25.9 Å². The van der Waals surface area contributed by atoms with Gasteiger partial charge in [-0.3, -0.25) is 14.9 Å². The van der Waals surface area contributed by atoms with Gasteiger partial charge in [0.25, 0.3) is 11.5 Å². The van der Waals surface area contributed by atoms with Gasteiger partial charge in [-0.2, -0.15) is 0 Å². The van der Waals surface area contributed by atoms with Gasteiger partial charge in [0, 0.05) is 19.3 Å². The summed E-state index contributed by atoms with van der Waals surface area (Å²) in [7, 11) is 1.57. The second-order valence-corrected chi connectivity index (χ2v) is 7.02. The second-order valence-electron chi connectivity index (χ2n) is 5.96. The molecule has 2 N–H and O–H groups in total. The number of amides is 1. The zero-order chi connectivity index (χ0) is 17.8. The summed E-state index contributed by atoms with van der Waals surface area (Å²) in [6.45, 7) is 3.85. The van der Waals surface area contributed by atoms with E-state index in [1.54, 1.807) is 24.8 Å². The van der Waals surface area contributed by atoms with Gasteiger partial charge in [-0.05, 0) is 44.5 Å². The first kappa shape index (κ1) is 17.7. The van der Waals surface area contributed by atoms with Gasteiger partial charge in [-0.15, -0.1) is 10.2 Å². The molecule has 9 heteroatoms. The second kappa shape index (κ2) is 7.85. The van der Waals surface area contributed by atoms with Crippen LogP contribution in [0.25, 0.3) is 0 Å². The van der Waals surface area contributed by atoms with Crippen molar-refractivity contribution in [2.45, 2.75) is 32.4 Å². The summed E-state index contributed by atoms with van der Waals surface area (Å²) in [5.41, 5.74) is 0.546. The lowest BCUT2D eigenvalue weighted by Gasteiger charge is -2.25. The number of hydrogen-bond acceptors (Lipinski definition) is 7. The van der Waals surface area contributed by atoms with Crippen LogP contribution in [0, 0.1) is 6.92 Å². The van der Waals surface area contributed by atoms with Crippen LogP contribution in [0.3, 0.4) is 0 Å². The molecule has 0 bridgehead atoms. The van der Waals surface area contributed by atoms with E-state index >= 15 is 0 Å². The Morgan fingerprint density at radius 1 is 1.44 bits per heavy atom. The van der Waals surface area contributed by atoms with Gasteiger partial charge in [0.1, 0.15) is 17.2 Å². The Morgan fingerprint density at radius 2 is 2.20 bits per heavy atom. The molecule has 25 heavy (non-hydrogen) atoms. The van der Waals surface area contributed by atoms with Gasteiger partial charge in [0.05, 0.1) is 0 Å². The average molecular weight is 363 g/mol. The summed E-state index contributed by atoms with van der Waals surface area (Å²) in [6, 6.07) is 1.94. The Labute approximate surface area is 149 Å². The number of rotatable bonds is 5.